The van der Waals surface area contributed by atoms with E-state index in [0.717, 1.165) is 17.5 Å². The smallest absolute Gasteiger partial charge is 0.251 e. The average Bonchev–Trinajstić information content (AvgIpc) is 2.68. The van der Waals surface area contributed by atoms with Crippen molar-refractivity contribution in [2.45, 2.75) is 51.1 Å². The van der Waals surface area contributed by atoms with E-state index in [2.05, 4.69) is 11.9 Å². The largest absolute Gasteiger partial charge is 0.347 e. The summed E-state index contributed by atoms with van der Waals surface area (Å²) >= 11 is 0. The molecule has 0 atom stereocenters. The minimum absolute atomic E-state index is 0.140. The fourth-order valence-electron chi connectivity index (χ4n) is 2.68. The second-order valence-electron chi connectivity index (χ2n) is 7.79. The molecule has 0 saturated carbocycles. The third kappa shape index (κ3) is 6.02. The molecule has 0 radical (unpaired) electrons. The summed E-state index contributed by atoms with van der Waals surface area (Å²) in [6, 6.07) is 13.8. The molecule has 2 aromatic rings. The highest BCUT2D eigenvalue weighted by Gasteiger charge is 2.24. The number of benzene rings is 2. The molecule has 1 amide bonds. The van der Waals surface area contributed by atoms with Crippen LogP contribution >= 0.6 is 0 Å². The second-order valence-corrected chi connectivity index (χ2v) is 9.73. The molecule has 0 aromatic heterocycles. The average molecular weight is 415 g/mol. The summed E-state index contributed by atoms with van der Waals surface area (Å²) in [6.45, 7) is 12.0. The van der Waals surface area contributed by atoms with E-state index < -0.39 is 10.0 Å². The van der Waals surface area contributed by atoms with Crippen molar-refractivity contribution in [2.75, 3.05) is 6.54 Å². The first kappa shape index (κ1) is 22.8. The molecule has 6 heteroatoms. The monoisotopic (exact) mass is 414 g/mol. The summed E-state index contributed by atoms with van der Waals surface area (Å²) in [4.78, 5) is 12.6. The Morgan fingerprint density at radius 1 is 1.10 bits per heavy atom. The Bertz CT molecular complexity index is 947. The van der Waals surface area contributed by atoms with Crippen LogP contribution in [0, 0.1) is 6.92 Å². The summed E-state index contributed by atoms with van der Waals surface area (Å²) in [5.74, 6) is -0.140. The van der Waals surface area contributed by atoms with Crippen LogP contribution in [0.3, 0.4) is 0 Å². The van der Waals surface area contributed by atoms with Crippen LogP contribution in [0.1, 0.15) is 48.7 Å². The third-order valence-corrected chi connectivity index (χ3v) is 6.73. The molecular weight excluding hydrogens is 384 g/mol. The standard InChI is InChI=1S/C23H30N2O3S/c1-6-16-25(29(27,28)21-14-8-18(3)9-15-21)17-19-10-12-20(13-11-19)22(26)24-23(4,5)7-2/h6,8-15H,1,7,16-17H2,2-5H3,(H,24,26). The summed E-state index contributed by atoms with van der Waals surface area (Å²) in [6.07, 6.45) is 2.39. The number of rotatable bonds is 9. The van der Waals surface area contributed by atoms with E-state index in [1.54, 1.807) is 54.6 Å². The molecule has 0 bridgehead atoms. The Balaban J connectivity index is 2.20. The van der Waals surface area contributed by atoms with Gasteiger partial charge in [-0.3, -0.25) is 4.79 Å². The summed E-state index contributed by atoms with van der Waals surface area (Å²) in [5, 5.41) is 2.99. The van der Waals surface area contributed by atoms with Crippen molar-refractivity contribution in [1.29, 1.82) is 0 Å². The van der Waals surface area contributed by atoms with E-state index in [0.29, 0.717) is 5.56 Å². The normalized spacial score (nSPS) is 12.0. The van der Waals surface area contributed by atoms with Crippen molar-refractivity contribution in [3.05, 3.63) is 77.9 Å². The van der Waals surface area contributed by atoms with Gasteiger partial charge in [-0.1, -0.05) is 42.8 Å². The van der Waals surface area contributed by atoms with Crippen molar-refractivity contribution >= 4 is 15.9 Å². The lowest BCUT2D eigenvalue weighted by Crippen LogP contribution is -2.42. The van der Waals surface area contributed by atoms with Crippen LogP contribution in [-0.4, -0.2) is 30.7 Å². The van der Waals surface area contributed by atoms with Gasteiger partial charge in [-0.25, -0.2) is 8.42 Å². The second kappa shape index (κ2) is 9.37. The van der Waals surface area contributed by atoms with Crippen molar-refractivity contribution in [3.8, 4) is 0 Å². The molecule has 2 rings (SSSR count). The fraction of sp³-hybridized carbons (Fsp3) is 0.348. The molecule has 0 fully saturated rings. The van der Waals surface area contributed by atoms with Gasteiger partial charge in [0, 0.05) is 24.2 Å². The van der Waals surface area contributed by atoms with Gasteiger partial charge >= 0.3 is 0 Å². The first-order valence-electron chi connectivity index (χ1n) is 9.68. The number of sulfonamides is 1. The molecular formula is C23H30N2O3S. The highest BCUT2D eigenvalue weighted by atomic mass is 32.2. The van der Waals surface area contributed by atoms with Crippen LogP contribution in [0.15, 0.2) is 66.1 Å². The maximum Gasteiger partial charge on any atom is 0.251 e. The Kier molecular flexibility index (Phi) is 7.38. The Morgan fingerprint density at radius 2 is 1.69 bits per heavy atom. The summed E-state index contributed by atoms with van der Waals surface area (Å²) in [7, 11) is -3.65. The van der Waals surface area contributed by atoms with E-state index in [4.69, 9.17) is 0 Å². The molecule has 0 aliphatic heterocycles. The topological polar surface area (TPSA) is 66.5 Å². The minimum atomic E-state index is -3.65. The predicted molar refractivity (Wildman–Crippen MR) is 117 cm³/mol. The highest BCUT2D eigenvalue weighted by Crippen LogP contribution is 2.19. The molecule has 0 saturated heterocycles. The van der Waals surface area contributed by atoms with E-state index in [9.17, 15) is 13.2 Å². The first-order chi connectivity index (χ1) is 13.6. The lowest BCUT2D eigenvalue weighted by molar-refractivity contribution is 0.0911. The Hall–Kier alpha value is -2.44. The van der Waals surface area contributed by atoms with Gasteiger partial charge in [0.15, 0.2) is 0 Å². The number of nitrogens with one attached hydrogen (secondary N) is 1. The van der Waals surface area contributed by atoms with Crippen LogP contribution in [0.25, 0.3) is 0 Å². The summed E-state index contributed by atoms with van der Waals surface area (Å²) in [5.41, 5.74) is 2.07. The Morgan fingerprint density at radius 3 is 2.21 bits per heavy atom. The van der Waals surface area contributed by atoms with Crippen LogP contribution in [0.2, 0.25) is 0 Å². The van der Waals surface area contributed by atoms with E-state index in [-0.39, 0.29) is 29.4 Å². The number of nitrogens with zero attached hydrogens (tertiary/aromatic N) is 1. The van der Waals surface area contributed by atoms with Gasteiger partial charge in [0.2, 0.25) is 10.0 Å². The zero-order chi connectivity index (χ0) is 21.7. The van der Waals surface area contributed by atoms with E-state index >= 15 is 0 Å². The number of hydrogen-bond donors (Lipinski definition) is 1. The molecule has 0 aliphatic carbocycles. The fourth-order valence-corrected chi connectivity index (χ4v) is 4.08. The molecule has 0 aliphatic rings. The van der Waals surface area contributed by atoms with Crippen molar-refractivity contribution in [3.63, 3.8) is 0 Å². The molecule has 2 aromatic carbocycles. The number of aryl methyl sites for hydroxylation is 1. The van der Waals surface area contributed by atoms with Crippen LogP contribution in [0.4, 0.5) is 0 Å². The van der Waals surface area contributed by atoms with Gasteiger partial charge in [0.1, 0.15) is 0 Å². The molecule has 0 spiro atoms. The zero-order valence-electron chi connectivity index (χ0n) is 17.6. The van der Waals surface area contributed by atoms with E-state index in [1.807, 2.05) is 27.7 Å². The van der Waals surface area contributed by atoms with Gasteiger partial charge in [0.05, 0.1) is 4.90 Å². The number of carbonyl (C=O) groups excluding carboxylic acids is 1. The molecule has 0 heterocycles. The molecule has 29 heavy (non-hydrogen) atoms. The van der Waals surface area contributed by atoms with Crippen LogP contribution < -0.4 is 5.32 Å². The quantitative estimate of drug-likeness (QED) is 0.623. The maximum atomic E-state index is 13.0. The van der Waals surface area contributed by atoms with Gasteiger partial charge < -0.3 is 5.32 Å². The highest BCUT2D eigenvalue weighted by molar-refractivity contribution is 7.89. The number of amides is 1. The van der Waals surface area contributed by atoms with Crippen molar-refractivity contribution in [2.24, 2.45) is 0 Å². The predicted octanol–water partition coefficient (Wildman–Crippen LogP) is 4.29. The lowest BCUT2D eigenvalue weighted by atomic mass is 10.0. The molecule has 156 valence electrons. The number of hydrogen-bond acceptors (Lipinski definition) is 3. The first-order valence-corrected chi connectivity index (χ1v) is 11.1. The van der Waals surface area contributed by atoms with E-state index in [1.165, 1.54) is 4.31 Å². The minimum Gasteiger partial charge on any atom is -0.347 e. The van der Waals surface area contributed by atoms with Crippen molar-refractivity contribution < 1.29 is 13.2 Å². The van der Waals surface area contributed by atoms with Gasteiger partial charge in [-0.05, 0) is 57.0 Å². The van der Waals surface area contributed by atoms with Gasteiger partial charge in [-0.15, -0.1) is 6.58 Å². The van der Waals surface area contributed by atoms with Crippen molar-refractivity contribution in [1.82, 2.24) is 9.62 Å². The van der Waals surface area contributed by atoms with Crippen LogP contribution in [0.5, 0.6) is 0 Å². The maximum absolute atomic E-state index is 13.0. The number of carbonyl (C=O) groups is 1. The Labute approximate surface area is 174 Å². The SMILES string of the molecule is C=CCN(Cc1ccc(C(=O)NC(C)(C)CC)cc1)S(=O)(=O)c1ccc(C)cc1. The molecule has 0 unspecified atom stereocenters. The van der Waals surface area contributed by atoms with Crippen LogP contribution in [-0.2, 0) is 16.6 Å². The van der Waals surface area contributed by atoms with Gasteiger partial charge in [0.25, 0.3) is 5.91 Å². The lowest BCUT2D eigenvalue weighted by Gasteiger charge is -2.24. The van der Waals surface area contributed by atoms with Gasteiger partial charge in [-0.2, -0.15) is 4.31 Å². The molecule has 1 N–H and O–H groups in total. The summed E-state index contributed by atoms with van der Waals surface area (Å²) < 4.78 is 27.4. The third-order valence-electron chi connectivity index (χ3n) is 4.90. The zero-order valence-corrected chi connectivity index (χ0v) is 18.4. The molecule has 5 nitrogen and oxygen atoms in total.